The molecule has 1 heterocycles. The van der Waals surface area contributed by atoms with Gasteiger partial charge in [-0.3, -0.25) is 4.57 Å². The van der Waals surface area contributed by atoms with Crippen molar-refractivity contribution in [3.8, 4) is 28.6 Å². The number of imidazole rings is 1. The van der Waals surface area contributed by atoms with Crippen LogP contribution in [0.2, 0.25) is 0 Å². The molecule has 0 aliphatic carbocycles. The van der Waals surface area contributed by atoms with Crippen molar-refractivity contribution >= 4 is 21.1 Å². The van der Waals surface area contributed by atoms with E-state index in [0.717, 1.165) is 33.8 Å². The average Bonchev–Trinajstić information content (AvgIpc) is 3.19. The van der Waals surface area contributed by atoms with Crippen LogP contribution in [0.25, 0.3) is 28.1 Å². The minimum Gasteiger partial charge on any atom is -0.457 e. The predicted octanol–water partition coefficient (Wildman–Crippen LogP) is 5.13. The molecule has 0 saturated carbocycles. The number of primary sulfonamides is 1. The Kier molecular flexibility index (Phi) is 4.97. The van der Waals surface area contributed by atoms with Gasteiger partial charge in [-0.15, -0.1) is 0 Å². The van der Waals surface area contributed by atoms with E-state index in [1.54, 1.807) is 12.1 Å². The maximum Gasteiger partial charge on any atom is 0.238 e. The van der Waals surface area contributed by atoms with Crippen molar-refractivity contribution in [2.24, 2.45) is 5.14 Å². The summed E-state index contributed by atoms with van der Waals surface area (Å²) in [7, 11) is -3.76. The number of hydrogen-bond donors (Lipinski definition) is 1. The smallest absolute Gasteiger partial charge is 0.238 e. The lowest BCUT2D eigenvalue weighted by molar-refractivity contribution is 0.482. The zero-order valence-electron chi connectivity index (χ0n) is 16.9. The third-order valence-electron chi connectivity index (χ3n) is 5.08. The zero-order valence-corrected chi connectivity index (χ0v) is 17.7. The molecule has 5 rings (SSSR count). The fraction of sp³-hybridized carbons (Fsp3) is 0. The van der Waals surface area contributed by atoms with E-state index in [-0.39, 0.29) is 4.90 Å². The Morgan fingerprint density at radius 3 is 2.03 bits per heavy atom. The monoisotopic (exact) mass is 441 g/mol. The van der Waals surface area contributed by atoms with E-state index in [9.17, 15) is 8.42 Å². The zero-order chi connectivity index (χ0) is 22.1. The van der Waals surface area contributed by atoms with Gasteiger partial charge in [-0.05, 0) is 72.8 Å². The van der Waals surface area contributed by atoms with Crippen molar-refractivity contribution in [3.63, 3.8) is 0 Å². The predicted molar refractivity (Wildman–Crippen MR) is 124 cm³/mol. The average molecular weight is 442 g/mol. The highest BCUT2D eigenvalue weighted by molar-refractivity contribution is 7.89. The molecule has 0 fully saturated rings. The third kappa shape index (κ3) is 3.87. The van der Waals surface area contributed by atoms with Gasteiger partial charge in [0.25, 0.3) is 0 Å². The van der Waals surface area contributed by atoms with Crippen LogP contribution < -0.4 is 9.88 Å². The lowest BCUT2D eigenvalue weighted by atomic mass is 10.2. The van der Waals surface area contributed by atoms with Crippen molar-refractivity contribution in [3.05, 3.63) is 103 Å². The molecule has 7 heteroatoms. The second-order valence-electron chi connectivity index (χ2n) is 7.24. The van der Waals surface area contributed by atoms with Crippen molar-refractivity contribution in [2.75, 3.05) is 0 Å². The van der Waals surface area contributed by atoms with Gasteiger partial charge in [-0.25, -0.2) is 18.5 Å². The molecule has 0 unspecified atom stereocenters. The van der Waals surface area contributed by atoms with E-state index in [1.165, 1.54) is 12.1 Å². The number of sulfonamides is 1. The number of nitrogens with two attached hydrogens (primary N) is 1. The molecule has 0 atom stereocenters. The molecule has 158 valence electrons. The largest absolute Gasteiger partial charge is 0.457 e. The Labute approximate surface area is 185 Å². The van der Waals surface area contributed by atoms with Crippen LogP contribution in [0.5, 0.6) is 11.5 Å². The summed E-state index contributed by atoms with van der Waals surface area (Å²) >= 11 is 0. The topological polar surface area (TPSA) is 87.2 Å². The van der Waals surface area contributed by atoms with Crippen LogP contribution in [0, 0.1) is 0 Å². The summed E-state index contributed by atoms with van der Waals surface area (Å²) in [5.41, 5.74) is 3.46. The number of nitrogens with zero attached hydrogens (tertiary/aromatic N) is 2. The SMILES string of the molecule is NS(=O)(=O)c1ccc(-c2nc3ccccc3n2-c2ccc(Oc3ccccc3)cc2)cc1. The van der Waals surface area contributed by atoms with E-state index >= 15 is 0 Å². The summed E-state index contributed by atoms with van der Waals surface area (Å²) in [5.74, 6) is 2.19. The second-order valence-corrected chi connectivity index (χ2v) is 8.80. The van der Waals surface area contributed by atoms with E-state index in [0.29, 0.717) is 5.82 Å². The van der Waals surface area contributed by atoms with E-state index in [1.807, 2.05) is 83.4 Å². The van der Waals surface area contributed by atoms with Crippen molar-refractivity contribution in [1.29, 1.82) is 0 Å². The van der Waals surface area contributed by atoms with E-state index in [2.05, 4.69) is 0 Å². The minimum absolute atomic E-state index is 0.0614. The number of hydrogen-bond acceptors (Lipinski definition) is 4. The van der Waals surface area contributed by atoms with Gasteiger partial charge < -0.3 is 4.74 Å². The summed E-state index contributed by atoms with van der Waals surface area (Å²) < 4.78 is 31.2. The normalized spacial score (nSPS) is 11.5. The standard InChI is InChI=1S/C25H19N3O3S/c26-32(29,30)22-16-10-18(11-17-22)25-27-23-8-4-5-9-24(23)28(25)19-12-14-21(15-13-19)31-20-6-2-1-3-7-20/h1-17H,(H2,26,29,30). The summed E-state index contributed by atoms with van der Waals surface area (Å²) in [5, 5.41) is 5.24. The fourth-order valence-corrected chi connectivity index (χ4v) is 4.08. The lowest BCUT2D eigenvalue weighted by Gasteiger charge is -2.11. The highest BCUT2D eigenvalue weighted by atomic mass is 32.2. The summed E-state index contributed by atoms with van der Waals surface area (Å²) in [6.45, 7) is 0. The number of rotatable bonds is 5. The molecule has 32 heavy (non-hydrogen) atoms. The third-order valence-corrected chi connectivity index (χ3v) is 6.00. The van der Waals surface area contributed by atoms with Gasteiger partial charge in [-0.2, -0.15) is 0 Å². The van der Waals surface area contributed by atoms with Gasteiger partial charge in [0.05, 0.1) is 15.9 Å². The Morgan fingerprint density at radius 2 is 1.34 bits per heavy atom. The minimum atomic E-state index is -3.76. The first kappa shape index (κ1) is 20.0. The molecule has 2 N–H and O–H groups in total. The highest BCUT2D eigenvalue weighted by Gasteiger charge is 2.15. The molecule has 0 bridgehead atoms. The van der Waals surface area contributed by atoms with Gasteiger partial charge >= 0.3 is 0 Å². The van der Waals surface area contributed by atoms with Crippen LogP contribution in [-0.4, -0.2) is 18.0 Å². The number of benzene rings is 4. The molecule has 4 aromatic carbocycles. The molecular weight excluding hydrogens is 422 g/mol. The molecule has 0 amide bonds. The van der Waals surface area contributed by atoms with Crippen molar-refractivity contribution < 1.29 is 13.2 Å². The Bertz CT molecular complexity index is 1490. The molecule has 1 aromatic heterocycles. The molecule has 0 spiro atoms. The van der Waals surface area contributed by atoms with Crippen LogP contribution in [0.4, 0.5) is 0 Å². The van der Waals surface area contributed by atoms with Crippen molar-refractivity contribution in [2.45, 2.75) is 4.90 Å². The van der Waals surface area contributed by atoms with Gasteiger partial charge in [-0.1, -0.05) is 30.3 Å². The Hall–Kier alpha value is -3.94. The molecule has 0 aliphatic rings. The number of ether oxygens (including phenoxy) is 1. The number of para-hydroxylation sites is 3. The first-order valence-corrected chi connectivity index (χ1v) is 11.5. The molecule has 0 radical (unpaired) electrons. The molecule has 6 nitrogen and oxygen atoms in total. The van der Waals surface area contributed by atoms with Crippen LogP contribution in [0.3, 0.4) is 0 Å². The quantitative estimate of drug-likeness (QED) is 0.409. The fourth-order valence-electron chi connectivity index (χ4n) is 3.56. The Morgan fingerprint density at radius 1 is 0.719 bits per heavy atom. The first-order valence-electron chi connectivity index (χ1n) is 9.93. The van der Waals surface area contributed by atoms with Crippen molar-refractivity contribution in [1.82, 2.24) is 9.55 Å². The maximum absolute atomic E-state index is 11.6. The van der Waals surface area contributed by atoms with Gasteiger partial charge in [0, 0.05) is 11.3 Å². The van der Waals surface area contributed by atoms with Crippen LogP contribution >= 0.6 is 0 Å². The maximum atomic E-state index is 11.6. The van der Waals surface area contributed by atoms with Crippen LogP contribution in [0.1, 0.15) is 0 Å². The van der Waals surface area contributed by atoms with Gasteiger partial charge in [0.1, 0.15) is 17.3 Å². The molecule has 0 saturated heterocycles. The number of aromatic nitrogens is 2. The van der Waals surface area contributed by atoms with E-state index < -0.39 is 10.0 Å². The Balaban J connectivity index is 1.58. The lowest BCUT2D eigenvalue weighted by Crippen LogP contribution is -2.11. The summed E-state index contributed by atoms with van der Waals surface area (Å²) in [6, 6.07) is 31.6. The first-order chi connectivity index (χ1) is 15.5. The van der Waals surface area contributed by atoms with Crippen LogP contribution in [-0.2, 0) is 10.0 Å². The second kappa shape index (κ2) is 7.96. The van der Waals surface area contributed by atoms with E-state index in [4.69, 9.17) is 14.9 Å². The number of fused-ring (bicyclic) bond motifs is 1. The highest BCUT2D eigenvalue weighted by Crippen LogP contribution is 2.30. The molecule has 5 aromatic rings. The molecular formula is C25H19N3O3S. The summed E-state index contributed by atoms with van der Waals surface area (Å²) in [6.07, 6.45) is 0. The molecule has 0 aliphatic heterocycles. The van der Waals surface area contributed by atoms with Gasteiger partial charge in [0.15, 0.2) is 0 Å². The van der Waals surface area contributed by atoms with Gasteiger partial charge in [0.2, 0.25) is 10.0 Å². The summed E-state index contributed by atoms with van der Waals surface area (Å²) in [4.78, 5) is 4.85. The van der Waals surface area contributed by atoms with Crippen LogP contribution in [0.15, 0.2) is 108 Å².